The molecule has 0 amide bonds. The predicted octanol–water partition coefficient (Wildman–Crippen LogP) is 9.45. The third kappa shape index (κ3) is 3.75. The van der Waals surface area contributed by atoms with Crippen LogP contribution in [-0.2, 0) is 0 Å². The number of aromatic nitrogens is 2. The molecule has 0 bridgehead atoms. The maximum absolute atomic E-state index is 9.10. The van der Waals surface area contributed by atoms with Gasteiger partial charge in [0.2, 0.25) is 0 Å². The molecule has 5 aromatic carbocycles. The Hall–Kier alpha value is -5.08. The summed E-state index contributed by atoms with van der Waals surface area (Å²) in [5.41, 5.74) is 7.93. The molecule has 0 aliphatic carbocycles. The van der Waals surface area contributed by atoms with Gasteiger partial charge < -0.3 is 0 Å². The van der Waals surface area contributed by atoms with Crippen molar-refractivity contribution in [2.45, 2.75) is 0 Å². The van der Waals surface area contributed by atoms with E-state index in [9.17, 15) is 0 Å². The number of hydrogen-bond donors (Lipinski definition) is 0. The first-order valence-corrected chi connectivity index (χ1v) is 12.8. The van der Waals surface area contributed by atoms with Gasteiger partial charge in [-0.3, -0.25) is 9.97 Å². The van der Waals surface area contributed by atoms with E-state index < -0.39 is 0 Å². The normalized spacial score (nSPS) is 11.5. The minimum Gasteiger partial charge on any atom is -0.255 e. The van der Waals surface area contributed by atoms with Crippen LogP contribution in [0.1, 0.15) is 1.37 Å². The molecular formula is C36H24N2. The molecule has 38 heavy (non-hydrogen) atoms. The molecular weight excluding hydrogens is 460 g/mol. The molecule has 2 heteroatoms. The third-order valence-electron chi connectivity index (χ3n) is 7.10. The maximum atomic E-state index is 9.10. The summed E-state index contributed by atoms with van der Waals surface area (Å²) >= 11 is 0. The van der Waals surface area contributed by atoms with E-state index in [-0.39, 0.29) is 0 Å². The van der Waals surface area contributed by atoms with Crippen LogP contribution < -0.4 is 0 Å². The highest BCUT2D eigenvalue weighted by Gasteiger charge is 2.16. The summed E-state index contributed by atoms with van der Waals surface area (Å²) in [6.45, 7) is 0. The first-order chi connectivity index (χ1) is 19.3. The number of rotatable bonds is 4. The first-order valence-electron chi connectivity index (χ1n) is 13.3. The van der Waals surface area contributed by atoms with E-state index in [0.29, 0.717) is 6.04 Å². The number of nitrogens with zero attached hydrogens (tertiary/aromatic N) is 2. The second-order valence-corrected chi connectivity index (χ2v) is 9.31. The summed E-state index contributed by atoms with van der Waals surface area (Å²) in [7, 11) is 0. The molecule has 0 atom stereocenters. The zero-order chi connectivity index (χ0) is 26.2. The summed E-state index contributed by atoms with van der Waals surface area (Å²) in [5.74, 6) is 0. The van der Waals surface area contributed by atoms with Gasteiger partial charge in [-0.2, -0.15) is 0 Å². The van der Waals surface area contributed by atoms with E-state index >= 15 is 0 Å². The van der Waals surface area contributed by atoms with Crippen molar-refractivity contribution >= 4 is 21.5 Å². The van der Waals surface area contributed by atoms with Crippen LogP contribution >= 0.6 is 0 Å². The Morgan fingerprint density at radius 3 is 1.58 bits per heavy atom. The maximum Gasteiger partial charge on any atom is 0.0964 e. The van der Waals surface area contributed by atoms with Crippen LogP contribution in [0.4, 0.5) is 0 Å². The summed E-state index contributed by atoms with van der Waals surface area (Å²) in [4.78, 5) is 9.13. The molecule has 178 valence electrons. The van der Waals surface area contributed by atoms with Gasteiger partial charge in [-0.1, -0.05) is 115 Å². The molecule has 2 nitrogen and oxygen atoms in total. The molecule has 2 aromatic heterocycles. The molecule has 0 radical (unpaired) electrons. The molecule has 0 saturated carbocycles. The third-order valence-corrected chi connectivity index (χ3v) is 7.10. The van der Waals surface area contributed by atoms with Gasteiger partial charge in [0, 0.05) is 18.0 Å². The van der Waals surface area contributed by atoms with Gasteiger partial charge in [0.25, 0.3) is 0 Å². The molecule has 0 unspecified atom stereocenters. The van der Waals surface area contributed by atoms with Crippen molar-refractivity contribution < 1.29 is 1.37 Å². The van der Waals surface area contributed by atoms with Crippen molar-refractivity contribution in [2.24, 2.45) is 0 Å². The lowest BCUT2D eigenvalue weighted by molar-refractivity contribution is 1.25. The molecule has 0 spiro atoms. The lowest BCUT2D eigenvalue weighted by atomic mass is 9.85. The fourth-order valence-electron chi connectivity index (χ4n) is 5.43. The monoisotopic (exact) mass is 485 g/mol. The molecule has 0 N–H and O–H groups in total. The summed E-state index contributed by atoms with van der Waals surface area (Å²) < 4.78 is 9.10. The van der Waals surface area contributed by atoms with Crippen LogP contribution in [0, 0.1) is 0 Å². The van der Waals surface area contributed by atoms with E-state index in [1.54, 1.807) is 12.4 Å². The minimum absolute atomic E-state index is 0.456. The van der Waals surface area contributed by atoms with Crippen LogP contribution in [0.15, 0.2) is 146 Å². The van der Waals surface area contributed by atoms with Gasteiger partial charge in [0.1, 0.15) is 0 Å². The number of pyridine rings is 2. The molecule has 0 aliphatic heterocycles. The van der Waals surface area contributed by atoms with Crippen LogP contribution in [0.5, 0.6) is 0 Å². The first kappa shape index (κ1) is 21.0. The van der Waals surface area contributed by atoms with Crippen LogP contribution in [0.2, 0.25) is 0 Å². The largest absolute Gasteiger partial charge is 0.255 e. The number of hydrogen-bond acceptors (Lipinski definition) is 2. The zero-order valence-corrected chi connectivity index (χ0v) is 20.7. The van der Waals surface area contributed by atoms with Crippen molar-refractivity contribution in [2.75, 3.05) is 0 Å². The molecule has 7 aromatic rings. The fraction of sp³-hybridized carbons (Fsp3) is 0. The van der Waals surface area contributed by atoms with Crippen molar-refractivity contribution in [3.63, 3.8) is 0 Å². The Morgan fingerprint density at radius 2 is 0.974 bits per heavy atom. The summed E-state index contributed by atoms with van der Waals surface area (Å²) in [5, 5.41) is 4.77. The van der Waals surface area contributed by atoms with Crippen molar-refractivity contribution in [3.8, 4) is 44.8 Å². The fourth-order valence-corrected chi connectivity index (χ4v) is 5.43. The van der Waals surface area contributed by atoms with Crippen LogP contribution in [0.25, 0.3) is 66.3 Å². The van der Waals surface area contributed by atoms with Crippen molar-refractivity contribution in [1.29, 1.82) is 0 Å². The topological polar surface area (TPSA) is 25.8 Å². The van der Waals surface area contributed by atoms with Gasteiger partial charge in [-0.05, 0) is 67.6 Å². The SMILES string of the molecule is [2H]c1cc(-c2c3ccccc3c(-c3ccccc3)c3ccccc23)ccc1-c1cccnc1-c1ccccn1. The van der Waals surface area contributed by atoms with Crippen LogP contribution in [0.3, 0.4) is 0 Å². The highest BCUT2D eigenvalue weighted by molar-refractivity contribution is 6.21. The molecule has 0 fully saturated rings. The lowest BCUT2D eigenvalue weighted by Crippen LogP contribution is -1.92. The predicted molar refractivity (Wildman–Crippen MR) is 159 cm³/mol. The van der Waals surface area contributed by atoms with Crippen molar-refractivity contribution in [3.05, 3.63) is 146 Å². The van der Waals surface area contributed by atoms with Crippen molar-refractivity contribution in [1.82, 2.24) is 9.97 Å². The minimum atomic E-state index is 0.456. The highest BCUT2D eigenvalue weighted by Crippen LogP contribution is 2.43. The standard InChI is InChI=1S/C36H24N2/c1-2-11-26(12-3-1)34-29-13-4-6-15-31(29)35(32-16-7-5-14-30(32)34)27-21-19-25(20-22-27)28-17-10-24-38-36(28)33-18-8-9-23-37-33/h1-24H/i19D. The zero-order valence-electron chi connectivity index (χ0n) is 21.7. The quantitative estimate of drug-likeness (QED) is 0.232. The average molecular weight is 486 g/mol. The second-order valence-electron chi connectivity index (χ2n) is 9.31. The second kappa shape index (κ2) is 9.42. The number of benzene rings is 5. The summed E-state index contributed by atoms with van der Waals surface area (Å²) in [6, 6.07) is 44.2. The Labute approximate surface area is 223 Å². The van der Waals surface area contributed by atoms with Gasteiger partial charge in [0.05, 0.1) is 12.8 Å². The van der Waals surface area contributed by atoms with Crippen LogP contribution in [-0.4, -0.2) is 9.97 Å². The molecule has 2 heterocycles. The molecule has 0 aliphatic rings. The van der Waals surface area contributed by atoms with E-state index in [1.807, 2.05) is 36.4 Å². The lowest BCUT2D eigenvalue weighted by Gasteiger charge is -2.18. The average Bonchev–Trinajstić information content (AvgIpc) is 3.00. The molecule has 7 rings (SSSR count). The highest BCUT2D eigenvalue weighted by atomic mass is 14.8. The van der Waals surface area contributed by atoms with E-state index in [4.69, 9.17) is 1.37 Å². The Bertz CT molecular complexity index is 1910. The van der Waals surface area contributed by atoms with Gasteiger partial charge in [0.15, 0.2) is 0 Å². The van der Waals surface area contributed by atoms with Gasteiger partial charge in [-0.15, -0.1) is 0 Å². The smallest absolute Gasteiger partial charge is 0.0964 e. The molecule has 0 saturated heterocycles. The van der Waals surface area contributed by atoms with Gasteiger partial charge in [-0.25, -0.2) is 0 Å². The van der Waals surface area contributed by atoms with E-state index in [2.05, 4.69) is 101 Å². The Morgan fingerprint density at radius 1 is 0.421 bits per heavy atom. The summed E-state index contributed by atoms with van der Waals surface area (Å²) in [6.07, 6.45) is 3.55. The Balaban J connectivity index is 1.46. The van der Waals surface area contributed by atoms with E-state index in [0.717, 1.165) is 33.6 Å². The number of fused-ring (bicyclic) bond motifs is 2. The van der Waals surface area contributed by atoms with E-state index in [1.165, 1.54) is 32.7 Å². The van der Waals surface area contributed by atoms with Gasteiger partial charge >= 0.3 is 0 Å². The Kier molecular flexibility index (Phi) is 5.22.